The van der Waals surface area contributed by atoms with Crippen LogP contribution in [0.5, 0.6) is 0 Å². The molecule has 0 nitrogen and oxygen atoms in total. The summed E-state index contributed by atoms with van der Waals surface area (Å²) in [6, 6.07) is 5.81. The summed E-state index contributed by atoms with van der Waals surface area (Å²) >= 11 is 5.52. The molecule has 0 aromatic heterocycles. The molecular weight excluding hydrogens is 294 g/mol. The third-order valence-corrected chi connectivity index (χ3v) is 2.97. The van der Waals surface area contributed by atoms with Gasteiger partial charge in [-0.2, -0.15) is 26.3 Å². The van der Waals surface area contributed by atoms with E-state index < -0.39 is 28.5 Å². The Bertz CT molecular complexity index is 626. The maximum absolute atomic E-state index is 12.8. The van der Waals surface area contributed by atoms with Crippen LogP contribution in [0.25, 0.3) is 10.8 Å². The van der Waals surface area contributed by atoms with Crippen LogP contribution in [-0.4, -0.2) is 0 Å². The smallest absolute Gasteiger partial charge is 0.166 e. The first-order chi connectivity index (χ1) is 8.62. The Balaban J connectivity index is 2.93. The summed E-state index contributed by atoms with van der Waals surface area (Å²) in [7, 11) is 0. The van der Waals surface area contributed by atoms with E-state index in [4.69, 9.17) is 11.6 Å². The van der Waals surface area contributed by atoms with Crippen LogP contribution < -0.4 is 0 Å². The number of hydrogen-bond acceptors (Lipinski definition) is 0. The topological polar surface area (TPSA) is 0 Å². The quantitative estimate of drug-likeness (QED) is 0.561. The van der Waals surface area contributed by atoms with E-state index in [0.29, 0.717) is 6.07 Å². The molecule has 0 heterocycles. The van der Waals surface area contributed by atoms with Gasteiger partial charge >= 0.3 is 12.4 Å². The lowest BCUT2D eigenvalue weighted by molar-refractivity contribution is -0.161. The second kappa shape index (κ2) is 4.30. The van der Waals surface area contributed by atoms with E-state index in [2.05, 4.69) is 0 Å². The molecule has 0 radical (unpaired) electrons. The van der Waals surface area contributed by atoms with Gasteiger partial charge < -0.3 is 0 Å². The molecule has 0 bridgehead atoms. The van der Waals surface area contributed by atoms with Crippen LogP contribution in [-0.2, 0) is 12.4 Å². The van der Waals surface area contributed by atoms with Crippen molar-refractivity contribution in [3.63, 3.8) is 0 Å². The molecule has 7 heteroatoms. The van der Waals surface area contributed by atoms with Crippen LogP contribution in [0.15, 0.2) is 30.3 Å². The molecule has 0 spiro atoms. The number of fused-ring (bicyclic) bond motifs is 1. The van der Waals surface area contributed by atoms with Crippen molar-refractivity contribution in [1.82, 2.24) is 0 Å². The lowest BCUT2D eigenvalue weighted by Gasteiger charge is -2.18. The molecule has 0 amide bonds. The molecule has 2 aromatic carbocycles. The highest BCUT2D eigenvalue weighted by atomic mass is 35.5. The largest absolute Gasteiger partial charge is 0.418 e. The van der Waals surface area contributed by atoms with Crippen molar-refractivity contribution >= 4 is 22.4 Å². The van der Waals surface area contributed by atoms with Crippen molar-refractivity contribution in [3.8, 4) is 0 Å². The zero-order valence-electron chi connectivity index (χ0n) is 9.03. The Morgan fingerprint density at radius 3 is 1.95 bits per heavy atom. The Morgan fingerprint density at radius 1 is 0.842 bits per heavy atom. The van der Waals surface area contributed by atoms with Gasteiger partial charge in [0.25, 0.3) is 0 Å². The van der Waals surface area contributed by atoms with Crippen molar-refractivity contribution in [2.75, 3.05) is 0 Å². The van der Waals surface area contributed by atoms with E-state index in [-0.39, 0.29) is 10.8 Å². The minimum absolute atomic E-state index is 0.00725. The zero-order chi connectivity index (χ0) is 14.4. The van der Waals surface area contributed by atoms with E-state index >= 15 is 0 Å². The minimum Gasteiger partial charge on any atom is -0.166 e. The number of halogens is 7. The van der Waals surface area contributed by atoms with Gasteiger partial charge in [0.05, 0.1) is 16.1 Å². The minimum atomic E-state index is -5.17. The fourth-order valence-corrected chi connectivity index (χ4v) is 2.19. The normalized spacial score (nSPS) is 13.0. The lowest BCUT2D eigenvalue weighted by Crippen LogP contribution is -2.17. The van der Waals surface area contributed by atoms with E-state index in [1.165, 1.54) is 24.3 Å². The standard InChI is InChI=1S/C12H5ClF6/c13-10-7-4-2-1-3-6(7)5-8(11(14,15)16)9(10)12(17,18)19/h1-5H. The fourth-order valence-electron chi connectivity index (χ4n) is 1.80. The molecule has 0 saturated heterocycles. The third-order valence-electron chi connectivity index (χ3n) is 2.57. The molecule has 2 aromatic rings. The first kappa shape index (κ1) is 14.0. The summed E-state index contributed by atoms with van der Waals surface area (Å²) in [5, 5.41) is -0.991. The maximum Gasteiger partial charge on any atom is 0.418 e. The average Bonchev–Trinajstić information content (AvgIpc) is 2.26. The monoisotopic (exact) mass is 298 g/mol. The van der Waals surface area contributed by atoms with Crippen LogP contribution in [0, 0.1) is 0 Å². The van der Waals surface area contributed by atoms with Gasteiger partial charge in [-0.3, -0.25) is 0 Å². The molecule has 0 aliphatic rings. The Labute approximate surface area is 108 Å². The van der Waals surface area contributed by atoms with Gasteiger partial charge in [0.2, 0.25) is 0 Å². The van der Waals surface area contributed by atoms with Crippen LogP contribution in [0.4, 0.5) is 26.3 Å². The molecule has 0 aliphatic heterocycles. The molecule has 2 rings (SSSR count). The van der Waals surface area contributed by atoms with Gasteiger partial charge in [0.1, 0.15) is 0 Å². The molecule has 0 fully saturated rings. The van der Waals surface area contributed by atoms with Crippen molar-refractivity contribution in [2.24, 2.45) is 0 Å². The summed E-state index contributed by atoms with van der Waals surface area (Å²) < 4.78 is 76.5. The van der Waals surface area contributed by atoms with Crippen molar-refractivity contribution in [2.45, 2.75) is 12.4 Å². The first-order valence-corrected chi connectivity index (χ1v) is 5.36. The Kier molecular flexibility index (Phi) is 3.16. The maximum atomic E-state index is 12.8. The zero-order valence-corrected chi connectivity index (χ0v) is 9.79. The number of rotatable bonds is 0. The summed E-state index contributed by atoms with van der Waals surface area (Å²) in [6.45, 7) is 0. The van der Waals surface area contributed by atoms with Crippen molar-refractivity contribution in [1.29, 1.82) is 0 Å². The Hall–Kier alpha value is -1.43. The molecule has 0 atom stereocenters. The number of hydrogen-bond donors (Lipinski definition) is 0. The van der Waals surface area contributed by atoms with Gasteiger partial charge in [-0.1, -0.05) is 35.9 Å². The van der Waals surface area contributed by atoms with Gasteiger partial charge in [0, 0.05) is 5.39 Å². The van der Waals surface area contributed by atoms with Crippen LogP contribution in [0.3, 0.4) is 0 Å². The summed E-state index contributed by atoms with van der Waals surface area (Å²) in [5.74, 6) is 0. The summed E-state index contributed by atoms with van der Waals surface area (Å²) in [4.78, 5) is 0. The lowest BCUT2D eigenvalue weighted by atomic mass is 10.00. The molecule has 102 valence electrons. The number of alkyl halides is 6. The Morgan fingerprint density at radius 2 is 1.42 bits per heavy atom. The van der Waals surface area contributed by atoms with Gasteiger partial charge in [-0.25, -0.2) is 0 Å². The van der Waals surface area contributed by atoms with Crippen molar-refractivity contribution in [3.05, 3.63) is 46.5 Å². The molecule has 19 heavy (non-hydrogen) atoms. The SMILES string of the molecule is FC(F)(F)c1cc2ccccc2c(Cl)c1C(F)(F)F. The second-order valence-electron chi connectivity index (χ2n) is 3.83. The van der Waals surface area contributed by atoms with E-state index in [1.807, 2.05) is 0 Å². The summed E-state index contributed by atoms with van der Waals surface area (Å²) in [5.41, 5.74) is -3.62. The second-order valence-corrected chi connectivity index (χ2v) is 4.21. The molecule has 0 N–H and O–H groups in total. The molecule has 0 unspecified atom stereocenters. The van der Waals surface area contributed by atoms with Gasteiger partial charge in [-0.05, 0) is 11.5 Å². The molecule has 0 aliphatic carbocycles. The van der Waals surface area contributed by atoms with Crippen LogP contribution in [0.1, 0.15) is 11.1 Å². The summed E-state index contributed by atoms with van der Waals surface area (Å²) in [6.07, 6.45) is -10.3. The van der Waals surface area contributed by atoms with Crippen LogP contribution >= 0.6 is 11.6 Å². The number of benzene rings is 2. The highest BCUT2D eigenvalue weighted by Gasteiger charge is 2.45. The average molecular weight is 299 g/mol. The van der Waals surface area contributed by atoms with Gasteiger partial charge in [0.15, 0.2) is 0 Å². The van der Waals surface area contributed by atoms with Gasteiger partial charge in [-0.15, -0.1) is 0 Å². The van der Waals surface area contributed by atoms with Crippen LogP contribution in [0.2, 0.25) is 5.02 Å². The fraction of sp³-hybridized carbons (Fsp3) is 0.167. The highest BCUT2D eigenvalue weighted by molar-refractivity contribution is 6.36. The predicted molar refractivity (Wildman–Crippen MR) is 59.0 cm³/mol. The predicted octanol–water partition coefficient (Wildman–Crippen LogP) is 5.53. The third kappa shape index (κ3) is 2.49. The van der Waals surface area contributed by atoms with E-state index in [1.54, 1.807) is 0 Å². The first-order valence-electron chi connectivity index (χ1n) is 4.98. The molecule has 0 saturated carbocycles. The van der Waals surface area contributed by atoms with Crippen molar-refractivity contribution < 1.29 is 26.3 Å². The molecular formula is C12H5ClF6. The van der Waals surface area contributed by atoms with E-state index in [0.717, 1.165) is 0 Å². The van der Waals surface area contributed by atoms with E-state index in [9.17, 15) is 26.3 Å². The highest BCUT2D eigenvalue weighted by Crippen LogP contribution is 2.46.